The number of fused-ring (bicyclic) bond motifs is 9. The van der Waals surface area contributed by atoms with Crippen molar-refractivity contribution >= 4 is 77.2 Å². The Bertz CT molecular complexity index is 5580. The monoisotopic (exact) mass is 1190 g/mol. The lowest BCUT2D eigenvalue weighted by atomic mass is 9.67. The second-order valence-electron chi connectivity index (χ2n) is 27.5. The zero-order valence-electron chi connectivity index (χ0n) is 53.3. The lowest BCUT2D eigenvalue weighted by molar-refractivity contribution is 0.645. The summed E-state index contributed by atoms with van der Waals surface area (Å²) in [4.78, 5) is 4.94. The molecule has 0 heterocycles. The van der Waals surface area contributed by atoms with Gasteiger partial charge in [0.05, 0.1) is 0 Å². The van der Waals surface area contributed by atoms with E-state index >= 15 is 0 Å². The summed E-state index contributed by atoms with van der Waals surface area (Å²) in [6, 6.07) is 115. The van der Waals surface area contributed by atoms with Crippen LogP contribution in [-0.4, -0.2) is 0 Å². The van der Waals surface area contributed by atoms with Gasteiger partial charge in [0, 0.05) is 50.4 Å². The first-order chi connectivity index (χ1) is 45.4. The van der Waals surface area contributed by atoms with Gasteiger partial charge in [-0.2, -0.15) is 0 Å². The third-order valence-corrected chi connectivity index (χ3v) is 21.4. The molecule has 0 radical (unpaired) electrons. The average molecular weight is 1190 g/mol. The highest BCUT2D eigenvalue weighted by molar-refractivity contribution is 6.28. The molecule has 2 nitrogen and oxygen atoms in total. The Morgan fingerprint density at radius 3 is 1.00 bits per heavy atom. The quantitative estimate of drug-likeness (QED) is 0.133. The van der Waals surface area contributed by atoms with E-state index < -0.39 is 0 Å². The summed E-state index contributed by atoms with van der Waals surface area (Å²) in [7, 11) is 0. The minimum Gasteiger partial charge on any atom is -0.310 e. The molecule has 0 N–H and O–H groups in total. The molecular weight excluding hydrogens is 1120 g/mol. The van der Waals surface area contributed by atoms with Crippen molar-refractivity contribution in [3.63, 3.8) is 0 Å². The van der Waals surface area contributed by atoms with Crippen LogP contribution >= 0.6 is 0 Å². The Hall–Kier alpha value is -11.1. The van der Waals surface area contributed by atoms with E-state index in [0.29, 0.717) is 0 Å². The number of rotatable bonds is 9. The fourth-order valence-electron chi connectivity index (χ4n) is 16.9. The van der Waals surface area contributed by atoms with Gasteiger partial charge in [-0.3, -0.25) is 0 Å². The predicted octanol–water partition coefficient (Wildman–Crippen LogP) is 25.2. The minimum absolute atomic E-state index is 0.186. The van der Waals surface area contributed by atoms with Gasteiger partial charge in [0.25, 0.3) is 0 Å². The highest BCUT2D eigenvalue weighted by Crippen LogP contribution is 2.57. The summed E-state index contributed by atoms with van der Waals surface area (Å²) >= 11 is 0. The van der Waals surface area contributed by atoms with Crippen LogP contribution in [0, 0.1) is 0 Å². The van der Waals surface area contributed by atoms with Crippen LogP contribution in [0.25, 0.3) is 110 Å². The SMILES string of the molecule is CC1(C)c2ccccc2-c2ccc(N(c3ccccc3)c3ccc4c(-c5ccc6c7c(cccc57)C(C)(C)c5ccccc5-6)c5cc(N(c6ccccc6)c6ccc(-c7ccccc7)cc6)ccc5c(-c5ccc6c7c(cccc57)C(C)(C)c5ccccc5-6)c4c3)cc21. The highest BCUT2D eigenvalue weighted by atomic mass is 15.1. The Kier molecular flexibility index (Phi) is 12.1. The second kappa shape index (κ2) is 20.5. The lowest BCUT2D eigenvalue weighted by Gasteiger charge is -2.36. The molecule has 2 heteroatoms. The second-order valence-corrected chi connectivity index (χ2v) is 27.5. The van der Waals surface area contributed by atoms with Crippen LogP contribution in [0.1, 0.15) is 74.9 Å². The van der Waals surface area contributed by atoms with E-state index in [4.69, 9.17) is 0 Å². The van der Waals surface area contributed by atoms with Gasteiger partial charge in [-0.15, -0.1) is 0 Å². The molecule has 3 aliphatic carbocycles. The number of hydrogen-bond acceptors (Lipinski definition) is 2. The molecule has 15 aromatic carbocycles. The van der Waals surface area contributed by atoms with Crippen LogP contribution in [0.15, 0.2) is 303 Å². The maximum absolute atomic E-state index is 2.53. The van der Waals surface area contributed by atoms with Crippen molar-refractivity contribution < 1.29 is 0 Å². The summed E-state index contributed by atoms with van der Waals surface area (Å²) in [5, 5.41) is 9.92. The van der Waals surface area contributed by atoms with E-state index in [-0.39, 0.29) is 16.2 Å². The van der Waals surface area contributed by atoms with Gasteiger partial charge in [0.1, 0.15) is 0 Å². The van der Waals surface area contributed by atoms with Crippen LogP contribution < -0.4 is 9.80 Å². The lowest BCUT2D eigenvalue weighted by Crippen LogP contribution is -2.23. The molecule has 0 fully saturated rings. The molecule has 0 aliphatic heterocycles. The van der Waals surface area contributed by atoms with Crippen LogP contribution in [0.3, 0.4) is 0 Å². The standard InChI is InChI=1S/C91H68N2/c1-89(2)80-36-20-17-31-66(80)71-50-52-73(69-33-22-38-82(89)87(69)71)85-76-49-46-63(93(60-28-14-9-15-29-60)64-44-47-68-65-30-16-19-35-79(65)91(5,6)84(68)56-64)55-78(76)86(74-53-51-72-67-32-18-21-37-81(67)90(3,4)83-39-23-34-70(74)88(72)83)75-48-45-62(54-77(75)85)92(59-26-12-8-13-27-59)61-42-40-58(41-43-61)57-24-10-7-11-25-57/h7-56H,1-6H3. The van der Waals surface area contributed by atoms with E-state index in [0.717, 1.165) is 34.1 Å². The third kappa shape index (κ3) is 8.14. The Balaban J connectivity index is 0.972. The molecule has 442 valence electrons. The number of hydrogen-bond donors (Lipinski definition) is 0. The predicted molar refractivity (Wildman–Crippen MR) is 395 cm³/mol. The van der Waals surface area contributed by atoms with Crippen molar-refractivity contribution in [3.8, 4) is 66.8 Å². The van der Waals surface area contributed by atoms with E-state index in [1.807, 2.05) is 0 Å². The van der Waals surface area contributed by atoms with Gasteiger partial charge in [-0.1, -0.05) is 272 Å². The molecule has 0 saturated heterocycles. The molecule has 3 aliphatic rings. The topological polar surface area (TPSA) is 6.48 Å². The summed E-state index contributed by atoms with van der Waals surface area (Å²) in [5.41, 5.74) is 29.1. The molecule has 93 heavy (non-hydrogen) atoms. The fraction of sp³-hybridized carbons (Fsp3) is 0.0989. The van der Waals surface area contributed by atoms with Gasteiger partial charge in [0.15, 0.2) is 0 Å². The number of nitrogens with zero attached hydrogens (tertiary/aromatic N) is 2. The maximum Gasteiger partial charge on any atom is 0.0468 e. The van der Waals surface area contributed by atoms with E-state index in [1.54, 1.807) is 0 Å². The van der Waals surface area contributed by atoms with Gasteiger partial charge < -0.3 is 9.80 Å². The van der Waals surface area contributed by atoms with Crippen LogP contribution in [0.2, 0.25) is 0 Å². The van der Waals surface area contributed by atoms with Gasteiger partial charge >= 0.3 is 0 Å². The first kappa shape index (κ1) is 54.8. The van der Waals surface area contributed by atoms with Crippen molar-refractivity contribution in [2.45, 2.75) is 57.8 Å². The Morgan fingerprint density at radius 2 is 0.516 bits per heavy atom. The molecule has 0 atom stereocenters. The molecule has 18 rings (SSSR count). The molecule has 0 unspecified atom stereocenters. The van der Waals surface area contributed by atoms with Gasteiger partial charge in [-0.25, -0.2) is 0 Å². The van der Waals surface area contributed by atoms with Crippen molar-refractivity contribution in [3.05, 3.63) is 337 Å². The summed E-state index contributed by atoms with van der Waals surface area (Å²) in [5.74, 6) is 0. The summed E-state index contributed by atoms with van der Waals surface area (Å²) in [6.45, 7) is 14.4. The van der Waals surface area contributed by atoms with Crippen molar-refractivity contribution in [1.29, 1.82) is 0 Å². The summed E-state index contributed by atoms with van der Waals surface area (Å²) in [6.07, 6.45) is 0. The maximum atomic E-state index is 2.53. The molecule has 0 saturated carbocycles. The molecule has 0 spiro atoms. The molecule has 0 amide bonds. The van der Waals surface area contributed by atoms with E-state index in [1.165, 1.54) is 143 Å². The van der Waals surface area contributed by atoms with Crippen LogP contribution in [-0.2, 0) is 16.2 Å². The van der Waals surface area contributed by atoms with Gasteiger partial charge in [-0.05, 0) is 216 Å². The van der Waals surface area contributed by atoms with Crippen LogP contribution in [0.4, 0.5) is 34.1 Å². The molecule has 0 bridgehead atoms. The summed E-state index contributed by atoms with van der Waals surface area (Å²) < 4.78 is 0. The van der Waals surface area contributed by atoms with Crippen molar-refractivity contribution in [2.24, 2.45) is 0 Å². The van der Waals surface area contributed by atoms with E-state index in [9.17, 15) is 0 Å². The zero-order valence-corrected chi connectivity index (χ0v) is 53.3. The molecule has 15 aromatic rings. The Morgan fingerprint density at radius 1 is 0.194 bits per heavy atom. The number of anilines is 6. The zero-order chi connectivity index (χ0) is 62.5. The van der Waals surface area contributed by atoms with E-state index in [2.05, 4.69) is 355 Å². The Labute approximate surface area is 545 Å². The largest absolute Gasteiger partial charge is 0.310 e. The minimum atomic E-state index is -0.232. The third-order valence-electron chi connectivity index (χ3n) is 21.4. The van der Waals surface area contributed by atoms with Crippen molar-refractivity contribution in [2.75, 3.05) is 9.80 Å². The normalized spacial score (nSPS) is 14.2. The van der Waals surface area contributed by atoms with Gasteiger partial charge in [0.2, 0.25) is 0 Å². The average Bonchev–Trinajstić information content (AvgIpc) is 1.42. The molecule has 0 aromatic heterocycles. The van der Waals surface area contributed by atoms with Crippen molar-refractivity contribution in [1.82, 2.24) is 0 Å². The van der Waals surface area contributed by atoms with Crippen LogP contribution in [0.5, 0.6) is 0 Å². The first-order valence-electron chi connectivity index (χ1n) is 32.9. The fourth-order valence-corrected chi connectivity index (χ4v) is 16.9. The first-order valence-corrected chi connectivity index (χ1v) is 32.9. The number of benzene rings is 15. The number of para-hydroxylation sites is 2. The molecular formula is C91H68N2. The highest BCUT2D eigenvalue weighted by Gasteiger charge is 2.38. The smallest absolute Gasteiger partial charge is 0.0468 e.